The molecule has 0 unspecified atom stereocenters. The highest BCUT2D eigenvalue weighted by Crippen LogP contribution is 2.38. The van der Waals surface area contributed by atoms with E-state index in [2.05, 4.69) is 4.98 Å². The number of thioether (sulfide) groups is 1. The minimum absolute atomic E-state index is 0.183. The molecule has 0 bridgehead atoms. The Morgan fingerprint density at radius 3 is 2.58 bits per heavy atom. The van der Waals surface area contributed by atoms with Gasteiger partial charge in [-0.15, -0.1) is 0 Å². The molecule has 0 atom stereocenters. The van der Waals surface area contributed by atoms with Crippen molar-refractivity contribution in [2.45, 2.75) is 0 Å². The van der Waals surface area contributed by atoms with E-state index in [1.807, 2.05) is 0 Å². The van der Waals surface area contributed by atoms with E-state index in [4.69, 9.17) is 21.1 Å². The predicted octanol–water partition coefficient (Wildman–Crippen LogP) is 5.69. The van der Waals surface area contributed by atoms with Crippen molar-refractivity contribution in [3.8, 4) is 17.4 Å². The molecule has 0 N–H and O–H groups in total. The second-order valence-electron chi connectivity index (χ2n) is 6.59. The summed E-state index contributed by atoms with van der Waals surface area (Å²) in [4.78, 5) is 41.0. The molecule has 1 aliphatic rings. The van der Waals surface area contributed by atoms with Gasteiger partial charge in [0.15, 0.2) is 11.5 Å². The molecule has 2 amide bonds. The molecule has 0 spiro atoms. The molecule has 11 heteroatoms. The van der Waals surface area contributed by atoms with E-state index in [0.717, 1.165) is 16.7 Å². The largest absolute Gasteiger partial charge is 0.493 e. The maximum absolute atomic E-state index is 12.8. The van der Waals surface area contributed by atoms with Crippen LogP contribution in [0.2, 0.25) is 5.02 Å². The molecule has 9 nitrogen and oxygen atoms in total. The third kappa shape index (κ3) is 4.66. The quantitative estimate of drug-likeness (QED) is 0.250. The van der Waals surface area contributed by atoms with Gasteiger partial charge in [0.2, 0.25) is 0 Å². The number of rotatable bonds is 6. The number of aromatic nitrogens is 1. The topological polar surface area (TPSA) is 112 Å². The van der Waals surface area contributed by atoms with Crippen LogP contribution in [0.1, 0.15) is 5.56 Å². The van der Waals surface area contributed by atoms with Gasteiger partial charge in [-0.1, -0.05) is 17.7 Å². The first-order valence-corrected chi connectivity index (χ1v) is 10.6. The number of pyridine rings is 1. The fourth-order valence-corrected chi connectivity index (χ4v) is 3.96. The summed E-state index contributed by atoms with van der Waals surface area (Å²) in [5.74, 6) is -0.181. The van der Waals surface area contributed by atoms with Gasteiger partial charge in [0.05, 0.1) is 22.6 Å². The van der Waals surface area contributed by atoms with E-state index in [0.29, 0.717) is 16.3 Å². The van der Waals surface area contributed by atoms with E-state index in [1.165, 1.54) is 31.5 Å². The molecule has 1 fully saturated rings. The fraction of sp³-hybridized carbons (Fsp3) is 0.0455. The number of hydrogen-bond acceptors (Lipinski definition) is 8. The number of hydrogen-bond donors (Lipinski definition) is 0. The number of nitro groups is 1. The van der Waals surface area contributed by atoms with Gasteiger partial charge in [0, 0.05) is 17.3 Å². The normalized spacial score (nSPS) is 14.6. The fourth-order valence-electron chi connectivity index (χ4n) is 2.99. The SMILES string of the molecule is COc1cc(/C=C2/SC(=O)N(c3ccc(Cl)cc3)C2=O)ccc1Oc1ncccc1[N+](=O)[O-]. The van der Waals surface area contributed by atoms with Gasteiger partial charge in [-0.2, -0.15) is 0 Å². The Bertz CT molecular complexity index is 1300. The Balaban J connectivity index is 1.61. The molecule has 166 valence electrons. The van der Waals surface area contributed by atoms with Gasteiger partial charge in [-0.25, -0.2) is 9.88 Å². The molecular weight excluding hydrogens is 470 g/mol. The number of nitrogens with zero attached hydrogens (tertiary/aromatic N) is 3. The lowest BCUT2D eigenvalue weighted by atomic mass is 10.1. The van der Waals surface area contributed by atoms with Crippen molar-refractivity contribution >= 4 is 52.0 Å². The van der Waals surface area contributed by atoms with E-state index in [1.54, 1.807) is 42.5 Å². The smallest absolute Gasteiger partial charge is 0.331 e. The molecule has 3 aromatic rings. The summed E-state index contributed by atoms with van der Waals surface area (Å²) in [7, 11) is 1.41. The first-order chi connectivity index (χ1) is 15.9. The summed E-state index contributed by atoms with van der Waals surface area (Å²) in [5.41, 5.74) is 0.694. The Morgan fingerprint density at radius 1 is 1.12 bits per heavy atom. The zero-order chi connectivity index (χ0) is 23.5. The number of benzene rings is 2. The molecular formula is C22H14ClN3O6S. The molecule has 4 rings (SSSR count). The highest BCUT2D eigenvalue weighted by Gasteiger charge is 2.36. The van der Waals surface area contributed by atoms with Gasteiger partial charge in [0.25, 0.3) is 17.0 Å². The lowest BCUT2D eigenvalue weighted by molar-refractivity contribution is -0.386. The van der Waals surface area contributed by atoms with Crippen molar-refractivity contribution in [3.63, 3.8) is 0 Å². The second-order valence-corrected chi connectivity index (χ2v) is 8.02. The Hall–Kier alpha value is -3.89. The summed E-state index contributed by atoms with van der Waals surface area (Å²) in [6.45, 7) is 0. The number of carbonyl (C=O) groups excluding carboxylic acids is 2. The van der Waals surface area contributed by atoms with E-state index in [-0.39, 0.29) is 28.0 Å². The van der Waals surface area contributed by atoms with Crippen LogP contribution in [0.4, 0.5) is 16.2 Å². The zero-order valence-electron chi connectivity index (χ0n) is 16.9. The van der Waals surface area contributed by atoms with Crippen LogP contribution < -0.4 is 14.4 Å². The van der Waals surface area contributed by atoms with Crippen LogP contribution in [-0.2, 0) is 4.79 Å². The summed E-state index contributed by atoms with van der Waals surface area (Å²) < 4.78 is 10.9. The number of ether oxygens (including phenoxy) is 2. The molecule has 1 aromatic heterocycles. The van der Waals surface area contributed by atoms with E-state index < -0.39 is 16.1 Å². The zero-order valence-corrected chi connectivity index (χ0v) is 18.5. The predicted molar refractivity (Wildman–Crippen MR) is 124 cm³/mol. The minimum Gasteiger partial charge on any atom is -0.493 e. The van der Waals surface area contributed by atoms with Crippen molar-refractivity contribution in [1.29, 1.82) is 0 Å². The molecule has 2 aromatic carbocycles. The van der Waals surface area contributed by atoms with Crippen LogP contribution in [0.15, 0.2) is 65.7 Å². The van der Waals surface area contributed by atoms with Crippen molar-refractivity contribution < 1.29 is 24.0 Å². The lowest BCUT2D eigenvalue weighted by Crippen LogP contribution is -2.27. The van der Waals surface area contributed by atoms with E-state index in [9.17, 15) is 19.7 Å². The third-order valence-corrected chi connectivity index (χ3v) is 5.64. The third-order valence-electron chi connectivity index (χ3n) is 4.52. The van der Waals surface area contributed by atoms with E-state index >= 15 is 0 Å². The number of carbonyl (C=O) groups is 2. The summed E-state index contributed by atoms with van der Waals surface area (Å²) in [6.07, 6.45) is 2.93. The summed E-state index contributed by atoms with van der Waals surface area (Å²) in [6, 6.07) is 13.8. The van der Waals surface area contributed by atoms with Crippen LogP contribution in [0.3, 0.4) is 0 Å². The van der Waals surface area contributed by atoms with Crippen LogP contribution in [0.25, 0.3) is 6.08 Å². The number of amides is 2. The van der Waals surface area contributed by atoms with Gasteiger partial charge in [0.1, 0.15) is 0 Å². The molecule has 1 saturated heterocycles. The maximum atomic E-state index is 12.8. The molecule has 2 heterocycles. The summed E-state index contributed by atoms with van der Waals surface area (Å²) in [5, 5.41) is 11.3. The summed E-state index contributed by atoms with van der Waals surface area (Å²) >= 11 is 6.69. The Morgan fingerprint density at radius 2 is 1.88 bits per heavy atom. The highest BCUT2D eigenvalue weighted by molar-refractivity contribution is 8.19. The lowest BCUT2D eigenvalue weighted by Gasteiger charge is -2.12. The number of anilines is 1. The van der Waals surface area contributed by atoms with Crippen LogP contribution in [-0.4, -0.2) is 28.2 Å². The van der Waals surface area contributed by atoms with Crippen molar-refractivity contribution in [3.05, 3.63) is 86.4 Å². The van der Waals surface area contributed by atoms with Gasteiger partial charge in [-0.3, -0.25) is 19.7 Å². The monoisotopic (exact) mass is 483 g/mol. The van der Waals surface area contributed by atoms with Crippen LogP contribution in [0, 0.1) is 10.1 Å². The van der Waals surface area contributed by atoms with Crippen molar-refractivity contribution in [2.75, 3.05) is 12.0 Å². The standard InChI is InChI=1S/C22H14ClN3O6S/c1-31-18-11-13(4-9-17(18)32-20-16(26(29)30)3-2-10-24-20)12-19-21(27)25(22(28)33-19)15-7-5-14(23)6-8-15/h2-12H,1H3/b19-12+. The minimum atomic E-state index is -0.597. The average molecular weight is 484 g/mol. The molecule has 0 radical (unpaired) electrons. The van der Waals surface area contributed by atoms with Gasteiger partial charge in [-0.05, 0) is 65.9 Å². The molecule has 0 saturated carbocycles. The Kier molecular flexibility index (Phi) is 6.29. The van der Waals surface area contributed by atoms with Gasteiger partial charge >= 0.3 is 5.69 Å². The molecule has 0 aliphatic carbocycles. The van der Waals surface area contributed by atoms with Crippen molar-refractivity contribution in [1.82, 2.24) is 4.98 Å². The number of methoxy groups -OCH3 is 1. The highest BCUT2D eigenvalue weighted by atomic mass is 35.5. The molecule has 1 aliphatic heterocycles. The second kappa shape index (κ2) is 9.31. The maximum Gasteiger partial charge on any atom is 0.331 e. The first-order valence-electron chi connectivity index (χ1n) is 9.36. The van der Waals surface area contributed by atoms with Crippen LogP contribution in [0.5, 0.6) is 17.4 Å². The first kappa shape index (κ1) is 22.3. The molecule has 33 heavy (non-hydrogen) atoms. The Labute approximate surface area is 196 Å². The van der Waals surface area contributed by atoms with Crippen LogP contribution >= 0.6 is 23.4 Å². The number of halogens is 1. The average Bonchev–Trinajstić information content (AvgIpc) is 3.08. The van der Waals surface area contributed by atoms with Crippen molar-refractivity contribution in [2.24, 2.45) is 0 Å². The number of imide groups is 1. The van der Waals surface area contributed by atoms with Gasteiger partial charge < -0.3 is 9.47 Å².